The second kappa shape index (κ2) is 4.35. The monoisotopic (exact) mass is 212 g/mol. The molecule has 0 spiro atoms. The van der Waals surface area contributed by atoms with E-state index in [1.807, 2.05) is 31.5 Å². The number of rotatable bonds is 2. The molecule has 2 nitrogen and oxygen atoms in total. The van der Waals surface area contributed by atoms with E-state index in [9.17, 15) is 0 Å². The lowest BCUT2D eigenvalue weighted by Crippen LogP contribution is -1.90. The van der Waals surface area contributed by atoms with Gasteiger partial charge in [0.15, 0.2) is 0 Å². The number of aryl methyl sites for hydroxylation is 2. The van der Waals surface area contributed by atoms with E-state index < -0.39 is 0 Å². The Morgan fingerprint density at radius 1 is 1.31 bits per heavy atom. The lowest BCUT2D eigenvalue weighted by atomic mass is 10.2. The minimum Gasteiger partial charge on any atom is -0.344 e. The van der Waals surface area contributed by atoms with Crippen molar-refractivity contribution in [2.75, 3.05) is 0 Å². The van der Waals surface area contributed by atoms with Crippen molar-refractivity contribution in [1.29, 1.82) is 0 Å². The van der Waals surface area contributed by atoms with E-state index in [1.165, 1.54) is 22.2 Å². The van der Waals surface area contributed by atoms with Gasteiger partial charge in [-0.1, -0.05) is 18.2 Å². The van der Waals surface area contributed by atoms with Gasteiger partial charge in [0.2, 0.25) is 0 Å². The molecular formula is C14H16N2. The van der Waals surface area contributed by atoms with Crippen LogP contribution in [0.5, 0.6) is 0 Å². The third-order valence-electron chi connectivity index (χ3n) is 2.87. The highest BCUT2D eigenvalue weighted by atomic mass is 14.9. The van der Waals surface area contributed by atoms with Gasteiger partial charge in [-0.05, 0) is 31.6 Å². The highest BCUT2D eigenvalue weighted by Gasteiger charge is 2.08. The normalized spacial score (nSPS) is 12.2. The van der Waals surface area contributed by atoms with Crippen LogP contribution in [0, 0.1) is 6.92 Å². The number of hydrogen-bond acceptors (Lipinski definition) is 1. The van der Waals surface area contributed by atoms with E-state index in [0.717, 1.165) is 0 Å². The first-order valence-electron chi connectivity index (χ1n) is 5.44. The molecule has 2 heteroatoms. The number of hydrogen-bond donors (Lipinski definition) is 0. The quantitative estimate of drug-likeness (QED) is 0.697. The van der Waals surface area contributed by atoms with Gasteiger partial charge in [0.1, 0.15) is 0 Å². The SMILES string of the molecule is C/C=C/C=C\c1c(C)c2cnccc2n1C. The van der Waals surface area contributed by atoms with E-state index >= 15 is 0 Å². The summed E-state index contributed by atoms with van der Waals surface area (Å²) in [5.74, 6) is 0. The maximum atomic E-state index is 4.17. The summed E-state index contributed by atoms with van der Waals surface area (Å²) in [6.45, 7) is 4.15. The minimum absolute atomic E-state index is 1.23. The fourth-order valence-electron chi connectivity index (χ4n) is 1.98. The summed E-state index contributed by atoms with van der Waals surface area (Å²) in [5, 5.41) is 1.23. The standard InChI is InChI=1S/C14H16N2/c1-4-5-6-7-13-11(2)12-10-15-9-8-14(12)16(13)3/h4-10H,1-3H3/b5-4+,7-6-. The van der Waals surface area contributed by atoms with E-state index in [2.05, 4.69) is 41.7 Å². The highest BCUT2D eigenvalue weighted by molar-refractivity contribution is 5.87. The summed E-state index contributed by atoms with van der Waals surface area (Å²) in [4.78, 5) is 4.17. The number of allylic oxidation sites excluding steroid dienone is 3. The maximum Gasteiger partial charge on any atom is 0.0516 e. The Balaban J connectivity index is 2.61. The zero-order valence-corrected chi connectivity index (χ0v) is 9.94. The van der Waals surface area contributed by atoms with Crippen LogP contribution >= 0.6 is 0 Å². The maximum absolute atomic E-state index is 4.17. The van der Waals surface area contributed by atoms with Crippen LogP contribution in [0.3, 0.4) is 0 Å². The summed E-state index contributed by atoms with van der Waals surface area (Å²) in [6, 6.07) is 2.05. The summed E-state index contributed by atoms with van der Waals surface area (Å²) in [5.41, 5.74) is 3.75. The van der Waals surface area contributed by atoms with Crippen molar-refractivity contribution in [3.63, 3.8) is 0 Å². The Morgan fingerprint density at radius 3 is 2.81 bits per heavy atom. The van der Waals surface area contributed by atoms with Crippen LogP contribution < -0.4 is 0 Å². The van der Waals surface area contributed by atoms with Crippen molar-refractivity contribution >= 4 is 17.0 Å². The van der Waals surface area contributed by atoms with Crippen molar-refractivity contribution < 1.29 is 0 Å². The molecule has 0 atom stereocenters. The highest BCUT2D eigenvalue weighted by Crippen LogP contribution is 2.24. The molecule has 0 fully saturated rings. The molecule has 0 amide bonds. The fourth-order valence-corrected chi connectivity index (χ4v) is 1.98. The summed E-state index contributed by atoms with van der Waals surface area (Å²) in [7, 11) is 2.09. The Bertz CT molecular complexity index is 520. The Labute approximate surface area is 95.9 Å². The lowest BCUT2D eigenvalue weighted by molar-refractivity contribution is 0.948. The number of nitrogens with zero attached hydrogens (tertiary/aromatic N) is 2. The van der Waals surface area contributed by atoms with Gasteiger partial charge >= 0.3 is 0 Å². The van der Waals surface area contributed by atoms with Crippen LogP contribution in [-0.4, -0.2) is 9.55 Å². The molecular weight excluding hydrogens is 196 g/mol. The molecule has 0 bridgehead atoms. The van der Waals surface area contributed by atoms with Crippen LogP contribution in [0.25, 0.3) is 17.0 Å². The molecule has 0 N–H and O–H groups in total. The van der Waals surface area contributed by atoms with Gasteiger partial charge in [-0.25, -0.2) is 0 Å². The predicted molar refractivity (Wildman–Crippen MR) is 69.3 cm³/mol. The zero-order chi connectivity index (χ0) is 11.5. The Morgan fingerprint density at radius 2 is 2.12 bits per heavy atom. The number of pyridine rings is 1. The van der Waals surface area contributed by atoms with Gasteiger partial charge in [0, 0.05) is 30.5 Å². The molecule has 2 aromatic heterocycles. The Kier molecular flexibility index (Phi) is 2.91. The van der Waals surface area contributed by atoms with E-state index in [-0.39, 0.29) is 0 Å². The molecule has 0 saturated carbocycles. The van der Waals surface area contributed by atoms with E-state index in [0.29, 0.717) is 0 Å². The topological polar surface area (TPSA) is 17.8 Å². The average Bonchev–Trinajstić information content (AvgIpc) is 2.55. The molecule has 0 aliphatic heterocycles. The molecule has 0 aliphatic rings. The molecule has 82 valence electrons. The molecule has 2 aromatic rings. The van der Waals surface area contributed by atoms with Crippen LogP contribution in [0.15, 0.2) is 36.7 Å². The molecule has 16 heavy (non-hydrogen) atoms. The van der Waals surface area contributed by atoms with Crippen molar-refractivity contribution in [3.8, 4) is 0 Å². The molecule has 0 radical (unpaired) electrons. The van der Waals surface area contributed by atoms with Crippen LogP contribution in [0.2, 0.25) is 0 Å². The second-order valence-electron chi connectivity index (χ2n) is 3.85. The van der Waals surface area contributed by atoms with E-state index in [1.54, 1.807) is 0 Å². The average molecular weight is 212 g/mol. The van der Waals surface area contributed by atoms with E-state index in [4.69, 9.17) is 0 Å². The van der Waals surface area contributed by atoms with Crippen molar-refractivity contribution in [2.24, 2.45) is 7.05 Å². The van der Waals surface area contributed by atoms with Crippen molar-refractivity contribution in [2.45, 2.75) is 13.8 Å². The van der Waals surface area contributed by atoms with Gasteiger partial charge in [0.05, 0.1) is 5.52 Å². The van der Waals surface area contributed by atoms with Gasteiger partial charge in [-0.3, -0.25) is 4.98 Å². The summed E-state index contributed by atoms with van der Waals surface area (Å²) in [6.07, 6.45) is 12.0. The molecule has 2 heterocycles. The fraction of sp³-hybridized carbons (Fsp3) is 0.214. The number of fused-ring (bicyclic) bond motifs is 1. The van der Waals surface area contributed by atoms with Gasteiger partial charge in [-0.2, -0.15) is 0 Å². The molecule has 2 rings (SSSR count). The molecule has 0 unspecified atom stereocenters. The molecule has 0 aromatic carbocycles. The molecule has 0 saturated heterocycles. The number of aromatic nitrogens is 2. The van der Waals surface area contributed by atoms with Gasteiger partial charge < -0.3 is 4.57 Å². The first-order valence-corrected chi connectivity index (χ1v) is 5.44. The van der Waals surface area contributed by atoms with Gasteiger partial charge in [-0.15, -0.1) is 0 Å². The first-order chi connectivity index (χ1) is 7.75. The predicted octanol–water partition coefficient (Wildman–Crippen LogP) is 3.47. The third-order valence-corrected chi connectivity index (χ3v) is 2.87. The smallest absolute Gasteiger partial charge is 0.0516 e. The lowest BCUT2D eigenvalue weighted by Gasteiger charge is -1.98. The largest absolute Gasteiger partial charge is 0.344 e. The van der Waals surface area contributed by atoms with Crippen LogP contribution in [0.1, 0.15) is 18.2 Å². The van der Waals surface area contributed by atoms with Crippen molar-refractivity contribution in [3.05, 3.63) is 47.9 Å². The first kappa shape index (κ1) is 10.7. The second-order valence-corrected chi connectivity index (χ2v) is 3.85. The van der Waals surface area contributed by atoms with Crippen molar-refractivity contribution in [1.82, 2.24) is 9.55 Å². The van der Waals surface area contributed by atoms with Crippen LogP contribution in [0.4, 0.5) is 0 Å². The third kappa shape index (κ3) is 1.67. The minimum atomic E-state index is 1.23. The summed E-state index contributed by atoms with van der Waals surface area (Å²) >= 11 is 0. The van der Waals surface area contributed by atoms with Gasteiger partial charge in [0.25, 0.3) is 0 Å². The molecule has 0 aliphatic carbocycles. The Hall–Kier alpha value is -1.83. The zero-order valence-electron chi connectivity index (χ0n) is 9.94. The van der Waals surface area contributed by atoms with Crippen LogP contribution in [-0.2, 0) is 7.05 Å². The summed E-state index contributed by atoms with van der Waals surface area (Å²) < 4.78 is 2.20.